The lowest BCUT2D eigenvalue weighted by Crippen LogP contribution is -2.49. The van der Waals surface area contributed by atoms with Gasteiger partial charge >= 0.3 is 0 Å². The van der Waals surface area contributed by atoms with Gasteiger partial charge in [0.25, 0.3) is 10.2 Å². The summed E-state index contributed by atoms with van der Waals surface area (Å²) in [7, 11) is -3.70. The number of hydrogen-bond donors (Lipinski definition) is 3. The van der Waals surface area contributed by atoms with Crippen LogP contribution in [0.1, 0.15) is 32.4 Å². The zero-order valence-corrected chi connectivity index (χ0v) is 12.8. The lowest BCUT2D eigenvalue weighted by Gasteiger charge is -2.24. The number of nitrogens with one attached hydrogen (secondary N) is 2. The molecule has 0 aromatic heterocycles. The monoisotopic (exact) mass is 301 g/mol. The van der Waals surface area contributed by atoms with Crippen LogP contribution in [-0.4, -0.2) is 18.9 Å². The van der Waals surface area contributed by atoms with Crippen LogP contribution in [0.2, 0.25) is 0 Å². The van der Waals surface area contributed by atoms with E-state index in [-0.39, 0.29) is 4.99 Å². The maximum atomic E-state index is 12.0. The average Bonchev–Trinajstić information content (AvgIpc) is 2.23. The molecule has 0 saturated carbocycles. The summed E-state index contributed by atoms with van der Waals surface area (Å²) in [6.07, 6.45) is 0. The van der Waals surface area contributed by atoms with E-state index < -0.39 is 21.8 Å². The van der Waals surface area contributed by atoms with Gasteiger partial charge in [0, 0.05) is 5.54 Å². The van der Waals surface area contributed by atoms with Crippen LogP contribution in [0.4, 0.5) is 0 Å². The van der Waals surface area contributed by atoms with Gasteiger partial charge in [-0.15, -0.1) is 0 Å². The minimum Gasteiger partial charge on any atom is -0.392 e. The molecule has 106 valence electrons. The molecular formula is C12H19N3O2S2. The Hall–Kier alpha value is -1.02. The molecule has 7 heteroatoms. The molecular weight excluding hydrogens is 282 g/mol. The van der Waals surface area contributed by atoms with Crippen molar-refractivity contribution in [1.82, 2.24) is 9.44 Å². The lowest BCUT2D eigenvalue weighted by atomic mass is 10.1. The van der Waals surface area contributed by atoms with Crippen LogP contribution < -0.4 is 15.2 Å². The van der Waals surface area contributed by atoms with E-state index in [1.807, 2.05) is 6.07 Å². The Balaban J connectivity index is 2.96. The topological polar surface area (TPSA) is 84.2 Å². The van der Waals surface area contributed by atoms with Gasteiger partial charge in [-0.05, 0) is 26.3 Å². The van der Waals surface area contributed by atoms with Crippen molar-refractivity contribution in [1.29, 1.82) is 0 Å². The van der Waals surface area contributed by atoms with E-state index in [2.05, 4.69) is 9.44 Å². The molecule has 0 spiro atoms. The largest absolute Gasteiger partial charge is 0.392 e. The molecule has 19 heavy (non-hydrogen) atoms. The Labute approximate surface area is 119 Å². The lowest BCUT2D eigenvalue weighted by molar-refractivity contribution is 0.482. The second-order valence-electron chi connectivity index (χ2n) is 5.22. The molecule has 1 atom stereocenters. The van der Waals surface area contributed by atoms with Crippen molar-refractivity contribution in [3.05, 3.63) is 35.9 Å². The molecule has 1 rings (SSSR count). The fourth-order valence-corrected chi connectivity index (χ4v) is 3.23. The molecule has 0 radical (unpaired) electrons. The van der Waals surface area contributed by atoms with E-state index >= 15 is 0 Å². The summed E-state index contributed by atoms with van der Waals surface area (Å²) in [5.41, 5.74) is 5.74. The van der Waals surface area contributed by atoms with Crippen LogP contribution in [0, 0.1) is 0 Å². The third-order valence-corrected chi connectivity index (χ3v) is 3.79. The Morgan fingerprint density at radius 1 is 1.26 bits per heavy atom. The summed E-state index contributed by atoms with van der Waals surface area (Å²) in [5.74, 6) is 0. The molecule has 0 aliphatic heterocycles. The number of benzene rings is 1. The Morgan fingerprint density at radius 3 is 2.21 bits per heavy atom. The molecule has 0 heterocycles. The van der Waals surface area contributed by atoms with E-state index in [1.165, 1.54) is 0 Å². The Kier molecular flexibility index (Phi) is 5.03. The van der Waals surface area contributed by atoms with Gasteiger partial charge < -0.3 is 5.73 Å². The molecule has 0 aliphatic carbocycles. The fourth-order valence-electron chi connectivity index (χ4n) is 1.52. The smallest absolute Gasteiger partial charge is 0.278 e. The first-order valence-electron chi connectivity index (χ1n) is 5.76. The Morgan fingerprint density at radius 2 is 1.79 bits per heavy atom. The van der Waals surface area contributed by atoms with Crippen molar-refractivity contribution in [2.45, 2.75) is 32.4 Å². The van der Waals surface area contributed by atoms with Crippen molar-refractivity contribution in [3.63, 3.8) is 0 Å². The predicted octanol–water partition coefficient (Wildman–Crippen LogP) is 1.24. The predicted molar refractivity (Wildman–Crippen MR) is 80.9 cm³/mol. The molecule has 5 nitrogen and oxygen atoms in total. The van der Waals surface area contributed by atoms with E-state index in [0.29, 0.717) is 5.56 Å². The summed E-state index contributed by atoms with van der Waals surface area (Å²) in [4.78, 5) is 0.0745. The molecule has 0 aliphatic rings. The molecule has 1 aromatic carbocycles. The maximum Gasteiger partial charge on any atom is 0.278 e. The maximum absolute atomic E-state index is 12.0. The summed E-state index contributed by atoms with van der Waals surface area (Å²) in [6, 6.07) is 8.24. The summed E-state index contributed by atoms with van der Waals surface area (Å²) >= 11 is 4.93. The van der Waals surface area contributed by atoms with E-state index in [9.17, 15) is 8.42 Å². The number of hydrogen-bond acceptors (Lipinski definition) is 3. The highest BCUT2D eigenvalue weighted by Crippen LogP contribution is 2.14. The molecule has 4 N–H and O–H groups in total. The van der Waals surface area contributed by atoms with E-state index in [1.54, 1.807) is 45.0 Å². The average molecular weight is 301 g/mol. The second-order valence-corrected chi connectivity index (χ2v) is 7.14. The van der Waals surface area contributed by atoms with Gasteiger partial charge in [0.2, 0.25) is 0 Å². The highest BCUT2D eigenvalue weighted by atomic mass is 32.2. The summed E-state index contributed by atoms with van der Waals surface area (Å²) in [5, 5.41) is 0. The number of nitrogens with two attached hydrogens (primary N) is 1. The van der Waals surface area contributed by atoms with Crippen LogP contribution in [0.3, 0.4) is 0 Å². The van der Waals surface area contributed by atoms with E-state index in [0.717, 1.165) is 0 Å². The third-order valence-electron chi connectivity index (χ3n) is 2.13. The van der Waals surface area contributed by atoms with Gasteiger partial charge in [-0.25, -0.2) is 0 Å². The number of thiocarbonyl (C=S) groups is 1. The highest BCUT2D eigenvalue weighted by molar-refractivity contribution is 7.87. The summed E-state index contributed by atoms with van der Waals surface area (Å²) < 4.78 is 29.0. The van der Waals surface area contributed by atoms with Crippen molar-refractivity contribution in [3.8, 4) is 0 Å². The first-order valence-corrected chi connectivity index (χ1v) is 7.65. The van der Waals surface area contributed by atoms with Gasteiger partial charge in [0.05, 0.1) is 11.0 Å². The standard InChI is InChI=1S/C12H19N3O2S2/c1-12(2,3)15-19(16,17)14-10(11(13)18)9-7-5-4-6-8-9/h4-8,10,14-15H,1-3H3,(H2,13,18). The minimum atomic E-state index is -3.70. The number of rotatable bonds is 5. The second kappa shape index (κ2) is 5.96. The SMILES string of the molecule is CC(C)(C)NS(=O)(=O)NC(C(N)=S)c1ccccc1. The molecule has 0 fully saturated rings. The van der Waals surface area contributed by atoms with Crippen molar-refractivity contribution < 1.29 is 8.42 Å². The van der Waals surface area contributed by atoms with Crippen molar-refractivity contribution in [2.24, 2.45) is 5.73 Å². The zero-order valence-electron chi connectivity index (χ0n) is 11.2. The van der Waals surface area contributed by atoms with Crippen molar-refractivity contribution in [2.75, 3.05) is 0 Å². The minimum absolute atomic E-state index is 0.0745. The van der Waals surface area contributed by atoms with Crippen LogP contribution >= 0.6 is 12.2 Å². The van der Waals surface area contributed by atoms with Gasteiger partial charge in [0.15, 0.2) is 0 Å². The highest BCUT2D eigenvalue weighted by Gasteiger charge is 2.25. The van der Waals surface area contributed by atoms with Crippen LogP contribution in [-0.2, 0) is 10.2 Å². The van der Waals surface area contributed by atoms with Crippen molar-refractivity contribution >= 4 is 27.4 Å². The molecule has 1 aromatic rings. The van der Waals surface area contributed by atoms with Gasteiger partial charge in [-0.3, -0.25) is 0 Å². The fraction of sp³-hybridized carbons (Fsp3) is 0.417. The summed E-state index contributed by atoms with van der Waals surface area (Å²) in [6.45, 7) is 5.26. The molecule has 0 amide bonds. The first kappa shape index (κ1) is 16.0. The third kappa shape index (κ3) is 5.65. The van der Waals surface area contributed by atoms with Crippen LogP contribution in [0.25, 0.3) is 0 Å². The quantitative estimate of drug-likeness (QED) is 0.714. The van der Waals surface area contributed by atoms with Crippen LogP contribution in [0.15, 0.2) is 30.3 Å². The van der Waals surface area contributed by atoms with Crippen LogP contribution in [0.5, 0.6) is 0 Å². The molecule has 1 unspecified atom stereocenters. The van der Waals surface area contributed by atoms with E-state index in [4.69, 9.17) is 18.0 Å². The molecule has 0 saturated heterocycles. The molecule has 0 bridgehead atoms. The normalized spacial score (nSPS) is 14.1. The van der Waals surface area contributed by atoms with Gasteiger partial charge in [-0.1, -0.05) is 42.5 Å². The first-order chi connectivity index (χ1) is 8.61. The zero-order chi connectivity index (χ0) is 14.7. The van der Waals surface area contributed by atoms with Gasteiger partial charge in [0.1, 0.15) is 0 Å². The van der Waals surface area contributed by atoms with Gasteiger partial charge in [-0.2, -0.15) is 17.9 Å². The Bertz CT molecular complexity index is 536.